The van der Waals surface area contributed by atoms with E-state index in [1.807, 2.05) is 0 Å². The molecule has 1 aliphatic rings. The molecule has 1 unspecified atom stereocenters. The van der Waals surface area contributed by atoms with Crippen molar-refractivity contribution in [3.05, 3.63) is 0 Å². The summed E-state index contributed by atoms with van der Waals surface area (Å²) in [5.74, 6) is 1.63. The first-order valence-corrected chi connectivity index (χ1v) is 6.76. The maximum absolute atomic E-state index is 10.3. The first-order valence-electron chi connectivity index (χ1n) is 6.76. The number of hydrogen-bond acceptors (Lipinski definition) is 1. The number of carbonyl (C=O) groups excluding carboxylic acids is 1. The van der Waals surface area contributed by atoms with Crippen molar-refractivity contribution in [2.45, 2.75) is 71.1 Å². The highest BCUT2D eigenvalue weighted by atomic mass is 16.1. The van der Waals surface area contributed by atoms with Crippen LogP contribution in [0.15, 0.2) is 0 Å². The van der Waals surface area contributed by atoms with Gasteiger partial charge in [-0.3, -0.25) is 0 Å². The molecule has 88 valence electrons. The molecule has 1 rings (SSSR count). The van der Waals surface area contributed by atoms with Crippen LogP contribution in [0.3, 0.4) is 0 Å². The summed E-state index contributed by atoms with van der Waals surface area (Å²) in [6.07, 6.45) is 14.5. The van der Waals surface area contributed by atoms with Crippen molar-refractivity contribution in [1.82, 2.24) is 0 Å². The number of carbonyl (C=O) groups is 1. The van der Waals surface area contributed by atoms with Crippen molar-refractivity contribution in [2.24, 2.45) is 11.8 Å². The lowest BCUT2D eigenvalue weighted by atomic mass is 9.85. The summed E-state index contributed by atoms with van der Waals surface area (Å²) in [4.78, 5) is 10.3. The largest absolute Gasteiger partial charge is 0.303 e. The van der Waals surface area contributed by atoms with E-state index >= 15 is 0 Å². The second kappa shape index (κ2) is 7.90. The third-order valence-electron chi connectivity index (χ3n) is 3.78. The van der Waals surface area contributed by atoms with Gasteiger partial charge in [-0.2, -0.15) is 0 Å². The van der Waals surface area contributed by atoms with Gasteiger partial charge in [0.05, 0.1) is 0 Å². The van der Waals surface area contributed by atoms with Crippen LogP contribution in [0, 0.1) is 11.8 Å². The third-order valence-corrected chi connectivity index (χ3v) is 3.78. The normalized spacial score (nSPS) is 20.1. The molecular weight excluding hydrogens is 184 g/mol. The van der Waals surface area contributed by atoms with E-state index in [4.69, 9.17) is 0 Å². The molecule has 1 heteroatoms. The third kappa shape index (κ3) is 5.96. The fourth-order valence-corrected chi connectivity index (χ4v) is 2.68. The summed E-state index contributed by atoms with van der Waals surface area (Å²) in [5, 5.41) is 0. The smallest absolute Gasteiger partial charge is 0.120 e. The van der Waals surface area contributed by atoms with Crippen LogP contribution in [0.4, 0.5) is 0 Å². The van der Waals surface area contributed by atoms with Crippen molar-refractivity contribution in [3.63, 3.8) is 0 Å². The van der Waals surface area contributed by atoms with E-state index in [9.17, 15) is 4.79 Å². The SMILES string of the molecule is CC(CC=O)CCCCC1CCCCC1. The minimum atomic E-state index is 0.605. The Kier molecular flexibility index (Phi) is 6.71. The maximum atomic E-state index is 10.3. The van der Waals surface area contributed by atoms with Crippen LogP contribution in [0.25, 0.3) is 0 Å². The first kappa shape index (κ1) is 12.7. The summed E-state index contributed by atoms with van der Waals surface area (Å²) >= 11 is 0. The number of aldehydes is 1. The van der Waals surface area contributed by atoms with E-state index in [-0.39, 0.29) is 0 Å². The quantitative estimate of drug-likeness (QED) is 0.451. The minimum absolute atomic E-state index is 0.605. The van der Waals surface area contributed by atoms with Gasteiger partial charge in [0.2, 0.25) is 0 Å². The summed E-state index contributed by atoms with van der Waals surface area (Å²) in [6, 6.07) is 0. The fourth-order valence-electron chi connectivity index (χ4n) is 2.68. The number of unbranched alkanes of at least 4 members (excludes halogenated alkanes) is 1. The molecule has 0 saturated heterocycles. The monoisotopic (exact) mass is 210 g/mol. The van der Waals surface area contributed by atoms with Gasteiger partial charge in [-0.1, -0.05) is 64.7 Å². The average molecular weight is 210 g/mol. The Morgan fingerprint density at radius 1 is 1.20 bits per heavy atom. The highest BCUT2D eigenvalue weighted by molar-refractivity contribution is 5.49. The Morgan fingerprint density at radius 2 is 1.93 bits per heavy atom. The summed E-state index contributed by atoms with van der Waals surface area (Å²) in [7, 11) is 0. The molecule has 0 aromatic heterocycles. The van der Waals surface area contributed by atoms with Crippen LogP contribution in [0.2, 0.25) is 0 Å². The Balaban J connectivity index is 1.93. The van der Waals surface area contributed by atoms with Gasteiger partial charge in [-0.05, 0) is 11.8 Å². The molecule has 1 nitrogen and oxygen atoms in total. The average Bonchev–Trinajstić information content (AvgIpc) is 2.26. The Hall–Kier alpha value is -0.330. The standard InChI is InChI=1S/C14H26O/c1-13(11-12-15)7-5-6-10-14-8-3-2-4-9-14/h12-14H,2-11H2,1H3. The lowest BCUT2D eigenvalue weighted by Crippen LogP contribution is -2.06. The zero-order valence-electron chi connectivity index (χ0n) is 10.2. The van der Waals surface area contributed by atoms with Crippen LogP contribution >= 0.6 is 0 Å². The van der Waals surface area contributed by atoms with E-state index in [1.165, 1.54) is 57.8 Å². The Morgan fingerprint density at radius 3 is 2.60 bits per heavy atom. The molecule has 1 aliphatic carbocycles. The molecular formula is C14H26O. The van der Waals surface area contributed by atoms with Crippen LogP contribution in [0.1, 0.15) is 71.1 Å². The van der Waals surface area contributed by atoms with Gasteiger partial charge in [0.25, 0.3) is 0 Å². The van der Waals surface area contributed by atoms with Gasteiger partial charge in [0.15, 0.2) is 0 Å². The van der Waals surface area contributed by atoms with Gasteiger partial charge in [-0.15, -0.1) is 0 Å². The minimum Gasteiger partial charge on any atom is -0.303 e. The Labute approximate surface area is 94.6 Å². The Bertz CT molecular complexity index is 159. The molecule has 0 heterocycles. The second-order valence-electron chi connectivity index (χ2n) is 5.30. The van der Waals surface area contributed by atoms with E-state index in [0.29, 0.717) is 5.92 Å². The van der Waals surface area contributed by atoms with Gasteiger partial charge >= 0.3 is 0 Å². The van der Waals surface area contributed by atoms with Crippen LogP contribution in [-0.2, 0) is 4.79 Å². The maximum Gasteiger partial charge on any atom is 0.120 e. The highest BCUT2D eigenvalue weighted by Gasteiger charge is 2.12. The van der Waals surface area contributed by atoms with Crippen molar-refractivity contribution >= 4 is 6.29 Å². The molecule has 1 atom stereocenters. The zero-order valence-corrected chi connectivity index (χ0v) is 10.2. The van der Waals surface area contributed by atoms with Crippen molar-refractivity contribution in [1.29, 1.82) is 0 Å². The predicted molar refractivity (Wildman–Crippen MR) is 64.9 cm³/mol. The molecule has 0 amide bonds. The number of rotatable bonds is 7. The predicted octanol–water partition coefficient (Wildman–Crippen LogP) is 4.35. The molecule has 0 spiro atoms. The molecule has 15 heavy (non-hydrogen) atoms. The van der Waals surface area contributed by atoms with Gasteiger partial charge in [0, 0.05) is 6.42 Å². The molecule has 0 aliphatic heterocycles. The zero-order chi connectivity index (χ0) is 10.9. The van der Waals surface area contributed by atoms with Crippen molar-refractivity contribution in [3.8, 4) is 0 Å². The first-order chi connectivity index (χ1) is 7.33. The van der Waals surface area contributed by atoms with E-state index < -0.39 is 0 Å². The lowest BCUT2D eigenvalue weighted by molar-refractivity contribution is -0.108. The van der Waals surface area contributed by atoms with Crippen LogP contribution in [-0.4, -0.2) is 6.29 Å². The van der Waals surface area contributed by atoms with E-state index in [2.05, 4.69) is 6.92 Å². The van der Waals surface area contributed by atoms with E-state index in [0.717, 1.165) is 18.6 Å². The fraction of sp³-hybridized carbons (Fsp3) is 0.929. The highest BCUT2D eigenvalue weighted by Crippen LogP contribution is 2.28. The number of hydrogen-bond donors (Lipinski definition) is 0. The topological polar surface area (TPSA) is 17.1 Å². The van der Waals surface area contributed by atoms with Crippen LogP contribution in [0.5, 0.6) is 0 Å². The van der Waals surface area contributed by atoms with E-state index in [1.54, 1.807) is 0 Å². The lowest BCUT2D eigenvalue weighted by Gasteiger charge is -2.21. The summed E-state index contributed by atoms with van der Waals surface area (Å²) in [6.45, 7) is 2.19. The molecule has 0 aromatic rings. The molecule has 1 fully saturated rings. The summed E-state index contributed by atoms with van der Waals surface area (Å²) < 4.78 is 0. The van der Waals surface area contributed by atoms with Crippen molar-refractivity contribution < 1.29 is 4.79 Å². The van der Waals surface area contributed by atoms with Gasteiger partial charge in [0.1, 0.15) is 6.29 Å². The molecule has 0 bridgehead atoms. The molecule has 0 N–H and O–H groups in total. The van der Waals surface area contributed by atoms with Crippen LogP contribution < -0.4 is 0 Å². The van der Waals surface area contributed by atoms with Gasteiger partial charge in [-0.25, -0.2) is 0 Å². The molecule has 0 radical (unpaired) electrons. The molecule has 1 saturated carbocycles. The molecule has 0 aromatic carbocycles. The van der Waals surface area contributed by atoms with Crippen molar-refractivity contribution in [2.75, 3.05) is 0 Å². The summed E-state index contributed by atoms with van der Waals surface area (Å²) in [5.41, 5.74) is 0. The second-order valence-corrected chi connectivity index (χ2v) is 5.30. The van der Waals surface area contributed by atoms with Gasteiger partial charge < -0.3 is 4.79 Å².